The highest BCUT2D eigenvalue weighted by Gasteiger charge is 2.28. The van der Waals surface area contributed by atoms with Crippen LogP contribution in [0.3, 0.4) is 0 Å². The van der Waals surface area contributed by atoms with Gasteiger partial charge in [0.15, 0.2) is 0 Å². The smallest absolute Gasteiger partial charge is 0.136 e. The third-order valence-corrected chi connectivity index (χ3v) is 4.72. The Kier molecular flexibility index (Phi) is 3.70. The average Bonchev–Trinajstić information content (AvgIpc) is 2.46. The Morgan fingerprint density at radius 1 is 1.25 bits per heavy atom. The molecule has 1 fully saturated rings. The summed E-state index contributed by atoms with van der Waals surface area (Å²) in [6.45, 7) is 0. The van der Waals surface area contributed by atoms with E-state index in [0.717, 1.165) is 29.4 Å². The quantitative estimate of drug-likeness (QED) is 0.852. The second-order valence-corrected chi connectivity index (χ2v) is 6.08. The first-order chi connectivity index (χ1) is 9.66. The minimum atomic E-state index is 0.170. The van der Waals surface area contributed by atoms with Gasteiger partial charge in [-0.05, 0) is 36.4 Å². The van der Waals surface area contributed by atoms with Crippen LogP contribution in [0.2, 0.25) is 0 Å². The Morgan fingerprint density at radius 2 is 2.05 bits per heavy atom. The predicted octanol–water partition coefficient (Wildman–Crippen LogP) is 3.93. The maximum absolute atomic E-state index is 9.73. The molecule has 0 aliphatic heterocycles. The number of hydrogen-bond acceptors (Lipinski definition) is 3. The third-order valence-electron chi connectivity index (χ3n) is 4.21. The number of halogens is 1. The monoisotopic (exact) mass is 290 g/mol. The van der Waals surface area contributed by atoms with Gasteiger partial charge in [-0.25, -0.2) is 4.98 Å². The van der Waals surface area contributed by atoms with Crippen molar-refractivity contribution in [3.63, 3.8) is 0 Å². The van der Waals surface area contributed by atoms with Gasteiger partial charge in [0.25, 0.3) is 0 Å². The topological polar surface area (TPSA) is 36.4 Å². The first-order valence-electron chi connectivity index (χ1n) is 7.11. The van der Waals surface area contributed by atoms with Gasteiger partial charge in [-0.3, -0.25) is 0 Å². The number of anilines is 1. The zero-order valence-corrected chi connectivity index (χ0v) is 12.3. The van der Waals surface area contributed by atoms with Crippen molar-refractivity contribution < 1.29 is 5.11 Å². The molecule has 0 amide bonds. The van der Waals surface area contributed by atoms with Crippen LogP contribution in [0.15, 0.2) is 30.5 Å². The molecule has 1 N–H and O–H groups in total. The summed E-state index contributed by atoms with van der Waals surface area (Å²) in [6.07, 6.45) is 6.40. The molecule has 1 heterocycles. The van der Waals surface area contributed by atoms with Crippen molar-refractivity contribution in [2.75, 3.05) is 11.9 Å². The zero-order chi connectivity index (χ0) is 14.1. The molecule has 2 aromatic rings. The van der Waals surface area contributed by atoms with Crippen LogP contribution >= 0.6 is 11.6 Å². The number of benzene rings is 1. The second-order valence-electron chi connectivity index (χ2n) is 5.52. The molecule has 106 valence electrons. The van der Waals surface area contributed by atoms with Crippen molar-refractivity contribution in [2.45, 2.75) is 37.1 Å². The first-order valence-corrected chi connectivity index (χ1v) is 7.55. The van der Waals surface area contributed by atoms with E-state index in [4.69, 9.17) is 11.6 Å². The van der Waals surface area contributed by atoms with Gasteiger partial charge in [-0.15, -0.1) is 11.6 Å². The fraction of sp³-hybridized carbons (Fsp3) is 0.438. The third kappa shape index (κ3) is 2.42. The highest BCUT2D eigenvalue weighted by atomic mass is 35.5. The van der Waals surface area contributed by atoms with E-state index in [2.05, 4.69) is 16.9 Å². The van der Waals surface area contributed by atoms with Gasteiger partial charge < -0.3 is 10.0 Å². The zero-order valence-electron chi connectivity index (χ0n) is 11.6. The van der Waals surface area contributed by atoms with Crippen LogP contribution in [0.1, 0.15) is 25.7 Å². The molecule has 20 heavy (non-hydrogen) atoms. The molecule has 0 spiro atoms. The standard InChI is InChI=1S/C16H19ClN2O/c1-19(15-5-3-2-4-14(15)17)16-13-10-12(20)7-6-11(13)8-9-18-16/h6-10,14-15,20H,2-5H2,1H3. The van der Waals surface area contributed by atoms with E-state index in [0.29, 0.717) is 6.04 Å². The van der Waals surface area contributed by atoms with Crippen LogP contribution in [0, 0.1) is 0 Å². The van der Waals surface area contributed by atoms with E-state index < -0.39 is 0 Å². The molecule has 1 aromatic carbocycles. The Morgan fingerprint density at radius 3 is 2.85 bits per heavy atom. The van der Waals surface area contributed by atoms with E-state index in [9.17, 15) is 5.11 Å². The molecular weight excluding hydrogens is 272 g/mol. The number of hydrogen-bond donors (Lipinski definition) is 1. The number of phenolic OH excluding ortho intramolecular Hbond substituents is 1. The lowest BCUT2D eigenvalue weighted by atomic mass is 9.93. The number of pyridine rings is 1. The lowest BCUT2D eigenvalue weighted by Gasteiger charge is -2.36. The minimum absolute atomic E-state index is 0.170. The van der Waals surface area contributed by atoms with E-state index in [-0.39, 0.29) is 11.1 Å². The molecule has 2 atom stereocenters. The number of rotatable bonds is 2. The summed E-state index contributed by atoms with van der Waals surface area (Å²) in [5, 5.41) is 12.0. The summed E-state index contributed by atoms with van der Waals surface area (Å²) in [7, 11) is 2.05. The van der Waals surface area contributed by atoms with E-state index >= 15 is 0 Å². The highest BCUT2D eigenvalue weighted by Crippen LogP contribution is 2.33. The molecule has 2 unspecified atom stereocenters. The van der Waals surface area contributed by atoms with Gasteiger partial charge >= 0.3 is 0 Å². The molecule has 1 aliphatic rings. The van der Waals surface area contributed by atoms with Crippen molar-refractivity contribution in [2.24, 2.45) is 0 Å². The molecule has 0 saturated heterocycles. The number of aromatic hydroxyl groups is 1. The molecule has 1 aromatic heterocycles. The van der Waals surface area contributed by atoms with Crippen molar-refractivity contribution in [3.05, 3.63) is 30.5 Å². The number of phenols is 1. The SMILES string of the molecule is CN(c1nccc2ccc(O)cc12)C1CCCCC1Cl. The van der Waals surface area contributed by atoms with Crippen molar-refractivity contribution in [1.29, 1.82) is 0 Å². The minimum Gasteiger partial charge on any atom is -0.508 e. The summed E-state index contributed by atoms with van der Waals surface area (Å²) in [5.74, 6) is 1.17. The van der Waals surface area contributed by atoms with Gasteiger partial charge in [0.1, 0.15) is 11.6 Å². The summed E-state index contributed by atoms with van der Waals surface area (Å²) < 4.78 is 0. The van der Waals surface area contributed by atoms with Crippen LogP contribution in [-0.2, 0) is 0 Å². The fourth-order valence-corrected chi connectivity index (χ4v) is 3.53. The van der Waals surface area contributed by atoms with E-state index in [1.54, 1.807) is 12.1 Å². The van der Waals surface area contributed by atoms with Gasteiger partial charge in [0.2, 0.25) is 0 Å². The van der Waals surface area contributed by atoms with Crippen molar-refractivity contribution in [1.82, 2.24) is 4.98 Å². The highest BCUT2D eigenvalue weighted by molar-refractivity contribution is 6.21. The maximum Gasteiger partial charge on any atom is 0.136 e. The Hall–Kier alpha value is -1.48. The lowest BCUT2D eigenvalue weighted by molar-refractivity contribution is 0.433. The summed E-state index contributed by atoms with van der Waals surface area (Å²) in [6, 6.07) is 7.68. The number of fused-ring (bicyclic) bond motifs is 1. The molecule has 3 rings (SSSR count). The Labute approximate surface area is 124 Å². The number of aromatic nitrogens is 1. The van der Waals surface area contributed by atoms with Crippen LogP contribution < -0.4 is 4.90 Å². The maximum atomic E-state index is 9.73. The Balaban J connectivity index is 2.02. The average molecular weight is 291 g/mol. The first kappa shape index (κ1) is 13.5. The molecule has 4 heteroatoms. The number of alkyl halides is 1. The van der Waals surface area contributed by atoms with Crippen LogP contribution in [-0.4, -0.2) is 28.6 Å². The van der Waals surface area contributed by atoms with Crippen molar-refractivity contribution in [3.8, 4) is 5.75 Å². The van der Waals surface area contributed by atoms with Gasteiger partial charge in [0, 0.05) is 24.7 Å². The van der Waals surface area contributed by atoms with Gasteiger partial charge in [-0.2, -0.15) is 0 Å². The predicted molar refractivity (Wildman–Crippen MR) is 83.7 cm³/mol. The fourth-order valence-electron chi connectivity index (χ4n) is 3.08. The van der Waals surface area contributed by atoms with Gasteiger partial charge in [0.05, 0.1) is 5.38 Å². The van der Waals surface area contributed by atoms with Gasteiger partial charge in [-0.1, -0.05) is 18.9 Å². The summed E-state index contributed by atoms with van der Waals surface area (Å²) in [4.78, 5) is 6.69. The molecule has 3 nitrogen and oxygen atoms in total. The van der Waals surface area contributed by atoms with Crippen LogP contribution in [0.4, 0.5) is 5.82 Å². The van der Waals surface area contributed by atoms with E-state index in [1.165, 1.54) is 12.8 Å². The summed E-state index contributed by atoms with van der Waals surface area (Å²) in [5.41, 5.74) is 0. The normalized spacial score (nSPS) is 22.9. The number of nitrogens with zero attached hydrogens (tertiary/aromatic N) is 2. The molecule has 0 bridgehead atoms. The second kappa shape index (κ2) is 5.49. The lowest BCUT2D eigenvalue weighted by Crippen LogP contribution is -2.41. The molecule has 1 aliphatic carbocycles. The van der Waals surface area contributed by atoms with E-state index in [1.807, 2.05) is 18.3 Å². The van der Waals surface area contributed by atoms with Crippen LogP contribution in [0.25, 0.3) is 10.8 Å². The van der Waals surface area contributed by atoms with Crippen molar-refractivity contribution >= 4 is 28.2 Å². The summed E-state index contributed by atoms with van der Waals surface area (Å²) >= 11 is 6.49. The molecular formula is C16H19ClN2O. The van der Waals surface area contributed by atoms with Crippen LogP contribution in [0.5, 0.6) is 5.75 Å². The Bertz CT molecular complexity index is 616. The molecule has 1 saturated carbocycles. The largest absolute Gasteiger partial charge is 0.508 e. The molecule has 0 radical (unpaired) electrons.